The van der Waals surface area contributed by atoms with Gasteiger partial charge >= 0.3 is 5.97 Å². The highest BCUT2D eigenvalue weighted by molar-refractivity contribution is 8.00. The number of carbonyl (C=O) groups is 1. The topological polar surface area (TPSA) is 52.3 Å². The summed E-state index contributed by atoms with van der Waals surface area (Å²) < 4.78 is 5.76. The van der Waals surface area contributed by atoms with Gasteiger partial charge in [-0.15, -0.1) is 11.8 Å². The van der Waals surface area contributed by atoms with Crippen molar-refractivity contribution in [3.8, 4) is 0 Å². The summed E-state index contributed by atoms with van der Waals surface area (Å²) in [6.45, 7) is 6.30. The van der Waals surface area contributed by atoms with E-state index >= 15 is 0 Å². The predicted molar refractivity (Wildman–Crippen MR) is 94.0 cm³/mol. The van der Waals surface area contributed by atoms with E-state index < -0.39 is 0 Å². The molecule has 1 aromatic rings. The van der Waals surface area contributed by atoms with Gasteiger partial charge in [0.1, 0.15) is 11.4 Å². The van der Waals surface area contributed by atoms with Crippen LogP contribution in [0.4, 0.5) is 0 Å². The molecule has 1 fully saturated rings. The summed E-state index contributed by atoms with van der Waals surface area (Å²) in [6, 6.07) is 10.0. The Morgan fingerprint density at radius 3 is 2.68 bits per heavy atom. The van der Waals surface area contributed by atoms with Crippen molar-refractivity contribution in [1.29, 1.82) is 0 Å². The van der Waals surface area contributed by atoms with Gasteiger partial charge in [0.05, 0.1) is 0 Å². The van der Waals surface area contributed by atoms with E-state index in [-0.39, 0.29) is 24.3 Å². The number of nitrogens with two attached hydrogens (primary N) is 1. The van der Waals surface area contributed by atoms with E-state index in [9.17, 15) is 4.79 Å². The maximum absolute atomic E-state index is 12.5. The monoisotopic (exact) mass is 323 g/mol. The second-order valence-electron chi connectivity index (χ2n) is 6.31. The van der Waals surface area contributed by atoms with Gasteiger partial charge in [-0.05, 0) is 37.3 Å². The Labute approximate surface area is 139 Å². The summed E-state index contributed by atoms with van der Waals surface area (Å²) in [6.07, 6.45) is 3.32. The van der Waals surface area contributed by atoms with Gasteiger partial charge in [-0.1, -0.05) is 39.0 Å². The van der Waals surface area contributed by atoms with Crippen LogP contribution in [-0.4, -0.2) is 22.9 Å². The molecule has 2 rings (SSSR count). The van der Waals surface area contributed by atoms with E-state index in [1.54, 1.807) is 11.8 Å². The van der Waals surface area contributed by atoms with Crippen molar-refractivity contribution in [2.45, 2.75) is 68.2 Å². The molecule has 1 aromatic carbocycles. The van der Waals surface area contributed by atoms with Crippen LogP contribution in [0.2, 0.25) is 0 Å². The van der Waals surface area contributed by atoms with Gasteiger partial charge in [0.2, 0.25) is 0 Å². The highest BCUT2D eigenvalue weighted by atomic mass is 32.2. The number of benzene rings is 1. The molecule has 3 nitrogen and oxygen atoms in total. The van der Waals surface area contributed by atoms with Crippen LogP contribution in [0.3, 0.4) is 0 Å². The second-order valence-corrected chi connectivity index (χ2v) is 7.59. The molecule has 4 atom stereocenters. The first-order valence-corrected chi connectivity index (χ1v) is 9.07. The molecule has 0 amide bonds. The minimum atomic E-state index is -0.181. The van der Waals surface area contributed by atoms with Crippen molar-refractivity contribution in [3.63, 3.8) is 0 Å². The predicted octanol–water partition coefficient (Wildman–Crippen LogP) is 4.25. The first-order chi connectivity index (χ1) is 10.5. The second kappa shape index (κ2) is 7.51. The Balaban J connectivity index is 0.00000264. The molecule has 1 aliphatic rings. The van der Waals surface area contributed by atoms with Gasteiger partial charge in [-0.3, -0.25) is 4.79 Å². The number of ether oxygens (including phenoxy) is 1. The fraction of sp³-hybridized carbons (Fsp3) is 0.611. The molecule has 1 aliphatic carbocycles. The van der Waals surface area contributed by atoms with Gasteiger partial charge in [-0.2, -0.15) is 0 Å². The smallest absolute Gasteiger partial charge is 0.319 e. The maximum Gasteiger partial charge on any atom is 0.319 e. The lowest BCUT2D eigenvalue weighted by atomic mass is 9.87. The van der Waals surface area contributed by atoms with Crippen molar-refractivity contribution in [3.05, 3.63) is 30.3 Å². The molecule has 22 heavy (non-hydrogen) atoms. The average molecular weight is 324 g/mol. The Hall–Kier alpha value is -1.00. The summed E-state index contributed by atoms with van der Waals surface area (Å²) in [5.74, 6) is 0.297. The summed E-state index contributed by atoms with van der Waals surface area (Å²) >= 11 is 1.58. The zero-order chi connectivity index (χ0) is 16.2. The molecular weight excluding hydrogens is 294 g/mol. The minimum Gasteiger partial charge on any atom is -0.461 e. The lowest BCUT2D eigenvalue weighted by molar-refractivity contribution is -0.148. The van der Waals surface area contributed by atoms with Crippen LogP contribution in [0.5, 0.6) is 0 Å². The maximum atomic E-state index is 12.5. The molecule has 0 radical (unpaired) electrons. The number of rotatable bonds is 6. The molecule has 2 N–H and O–H groups in total. The first kappa shape index (κ1) is 17.4. The molecule has 0 saturated heterocycles. The Bertz CT molecular complexity index is 499. The molecule has 0 bridgehead atoms. The largest absolute Gasteiger partial charge is 0.461 e. The summed E-state index contributed by atoms with van der Waals surface area (Å²) in [5, 5.41) is -0.146. The lowest BCUT2D eigenvalue weighted by Gasteiger charge is -2.27. The lowest BCUT2D eigenvalue weighted by Crippen LogP contribution is -2.42. The molecule has 4 heteroatoms. The van der Waals surface area contributed by atoms with Crippen molar-refractivity contribution in [1.82, 2.24) is 0 Å². The van der Waals surface area contributed by atoms with Crippen LogP contribution in [0.15, 0.2) is 35.2 Å². The molecule has 4 unspecified atom stereocenters. The molecular formula is C18H29NO2S. The van der Waals surface area contributed by atoms with E-state index in [1.165, 1.54) is 0 Å². The highest BCUT2D eigenvalue weighted by Crippen LogP contribution is 2.38. The summed E-state index contributed by atoms with van der Waals surface area (Å²) in [7, 11) is 0. The van der Waals surface area contributed by atoms with Crippen LogP contribution in [0.1, 0.15) is 47.9 Å². The third-order valence-corrected chi connectivity index (χ3v) is 6.16. The van der Waals surface area contributed by atoms with Crippen LogP contribution in [0, 0.1) is 5.92 Å². The fourth-order valence-electron chi connectivity index (χ4n) is 3.12. The number of hydrogen-bond acceptors (Lipinski definition) is 4. The SMILES string of the molecule is CCC(Sc1ccccc1)C(=O)OC1CC(C)C(N)(CC)C1.[HH]. The number of hydrogen-bond donors (Lipinski definition) is 1. The third kappa shape index (κ3) is 4.05. The Morgan fingerprint density at radius 2 is 2.14 bits per heavy atom. The van der Waals surface area contributed by atoms with Gasteiger partial charge in [0.15, 0.2) is 0 Å². The number of thioether (sulfide) groups is 1. The Kier molecular flexibility index (Phi) is 5.93. The average Bonchev–Trinajstić information content (AvgIpc) is 2.80. The van der Waals surface area contributed by atoms with Gasteiger partial charge in [0.25, 0.3) is 0 Å². The van der Waals surface area contributed by atoms with Crippen LogP contribution < -0.4 is 5.73 Å². The molecule has 0 aromatic heterocycles. The number of carbonyl (C=O) groups excluding carboxylic acids is 1. The third-order valence-electron chi connectivity index (χ3n) is 4.80. The van der Waals surface area contributed by atoms with Gasteiger partial charge < -0.3 is 10.5 Å². The fourth-order valence-corrected chi connectivity index (χ4v) is 4.08. The van der Waals surface area contributed by atoms with Crippen LogP contribution in [0.25, 0.3) is 0 Å². The van der Waals surface area contributed by atoms with E-state index in [1.807, 2.05) is 37.3 Å². The van der Waals surface area contributed by atoms with Gasteiger partial charge in [0, 0.05) is 18.3 Å². The van der Waals surface area contributed by atoms with Crippen molar-refractivity contribution in [2.24, 2.45) is 11.7 Å². The Morgan fingerprint density at radius 1 is 1.45 bits per heavy atom. The molecule has 0 aliphatic heterocycles. The molecule has 0 spiro atoms. The van der Waals surface area contributed by atoms with Crippen LogP contribution >= 0.6 is 11.8 Å². The van der Waals surface area contributed by atoms with E-state index in [2.05, 4.69) is 13.8 Å². The first-order valence-electron chi connectivity index (χ1n) is 8.19. The highest BCUT2D eigenvalue weighted by Gasteiger charge is 2.42. The molecule has 1 saturated carbocycles. The normalized spacial score (nSPS) is 29.3. The van der Waals surface area contributed by atoms with E-state index in [4.69, 9.17) is 10.5 Å². The van der Waals surface area contributed by atoms with E-state index in [0.29, 0.717) is 5.92 Å². The van der Waals surface area contributed by atoms with Crippen LogP contribution in [-0.2, 0) is 9.53 Å². The summed E-state index contributed by atoms with van der Waals surface area (Å²) in [5.41, 5.74) is 6.22. The van der Waals surface area contributed by atoms with Crippen molar-refractivity contribution in [2.75, 3.05) is 0 Å². The zero-order valence-corrected chi connectivity index (χ0v) is 14.6. The quantitative estimate of drug-likeness (QED) is 0.628. The minimum absolute atomic E-state index is 0. The standard InChI is InChI=1S/C18H27NO2S.H2/c1-4-16(22-15-9-7-6-8-10-15)17(20)21-14-11-13(3)18(19,5-2)12-14;/h6-10,13-14,16H,4-5,11-12,19H2,1-3H3;1H. The number of esters is 1. The van der Waals surface area contributed by atoms with Crippen molar-refractivity contribution >= 4 is 17.7 Å². The summed E-state index contributed by atoms with van der Waals surface area (Å²) in [4.78, 5) is 13.6. The zero-order valence-electron chi connectivity index (χ0n) is 13.7. The van der Waals surface area contributed by atoms with Gasteiger partial charge in [-0.25, -0.2) is 0 Å². The van der Waals surface area contributed by atoms with E-state index in [0.717, 1.165) is 30.6 Å². The molecule has 124 valence electrons. The van der Waals surface area contributed by atoms with Crippen molar-refractivity contribution < 1.29 is 11.0 Å². The molecule has 0 heterocycles.